The molecule has 0 aliphatic rings. The molecular formula is C16H14F2O2. The normalized spacial score (nSPS) is 10.4. The maximum absolute atomic E-state index is 13.7. The molecule has 0 unspecified atom stereocenters. The number of carbonyl (C=O) groups is 1. The molecule has 4 heteroatoms. The van der Waals surface area contributed by atoms with Crippen molar-refractivity contribution in [3.8, 4) is 5.75 Å². The van der Waals surface area contributed by atoms with Gasteiger partial charge in [0.25, 0.3) is 0 Å². The van der Waals surface area contributed by atoms with Crippen molar-refractivity contribution in [2.24, 2.45) is 0 Å². The van der Waals surface area contributed by atoms with Gasteiger partial charge in [-0.25, -0.2) is 8.78 Å². The summed E-state index contributed by atoms with van der Waals surface area (Å²) in [6.45, 7) is 3.60. The average molecular weight is 276 g/mol. The van der Waals surface area contributed by atoms with Gasteiger partial charge in [0.1, 0.15) is 17.4 Å². The van der Waals surface area contributed by atoms with Crippen molar-refractivity contribution in [3.05, 3.63) is 64.2 Å². The van der Waals surface area contributed by atoms with Crippen LogP contribution in [0.25, 0.3) is 0 Å². The number of methoxy groups -OCH3 is 1. The third kappa shape index (κ3) is 2.54. The van der Waals surface area contributed by atoms with E-state index in [0.717, 1.165) is 23.8 Å². The summed E-state index contributed by atoms with van der Waals surface area (Å²) in [5, 5.41) is 0. The Kier molecular flexibility index (Phi) is 3.84. The first-order valence-electron chi connectivity index (χ1n) is 6.09. The third-order valence-corrected chi connectivity index (χ3v) is 3.06. The summed E-state index contributed by atoms with van der Waals surface area (Å²) in [5.74, 6) is -1.63. The van der Waals surface area contributed by atoms with E-state index in [0.29, 0.717) is 11.3 Å². The number of hydrogen-bond acceptors (Lipinski definition) is 2. The first kappa shape index (κ1) is 14.2. The molecule has 0 N–H and O–H groups in total. The van der Waals surface area contributed by atoms with E-state index in [1.807, 2.05) is 6.92 Å². The summed E-state index contributed by atoms with van der Waals surface area (Å²) >= 11 is 0. The van der Waals surface area contributed by atoms with E-state index in [1.165, 1.54) is 7.11 Å². The zero-order chi connectivity index (χ0) is 14.9. The van der Waals surface area contributed by atoms with E-state index < -0.39 is 17.4 Å². The highest BCUT2D eigenvalue weighted by Gasteiger charge is 2.21. The molecule has 0 spiro atoms. The van der Waals surface area contributed by atoms with Gasteiger partial charge < -0.3 is 4.74 Å². The fourth-order valence-corrected chi connectivity index (χ4v) is 2.19. The molecule has 2 nitrogen and oxygen atoms in total. The number of benzene rings is 2. The number of carbonyl (C=O) groups excluding carboxylic acids is 1. The van der Waals surface area contributed by atoms with Crippen LogP contribution in [0.4, 0.5) is 8.78 Å². The molecule has 0 saturated carbocycles. The van der Waals surface area contributed by atoms with Crippen LogP contribution in [-0.2, 0) is 0 Å². The van der Waals surface area contributed by atoms with Gasteiger partial charge in [0.05, 0.1) is 18.2 Å². The predicted molar refractivity (Wildman–Crippen MR) is 72.3 cm³/mol. The van der Waals surface area contributed by atoms with Gasteiger partial charge >= 0.3 is 0 Å². The Morgan fingerprint density at radius 1 is 1.10 bits per heavy atom. The Morgan fingerprint density at radius 3 is 2.45 bits per heavy atom. The lowest BCUT2D eigenvalue weighted by Crippen LogP contribution is -2.09. The van der Waals surface area contributed by atoms with Crippen LogP contribution in [-0.4, -0.2) is 12.9 Å². The van der Waals surface area contributed by atoms with Gasteiger partial charge in [-0.3, -0.25) is 4.79 Å². The van der Waals surface area contributed by atoms with Crippen molar-refractivity contribution in [1.29, 1.82) is 0 Å². The second kappa shape index (κ2) is 5.41. The topological polar surface area (TPSA) is 26.3 Å². The average Bonchev–Trinajstić information content (AvgIpc) is 2.40. The molecule has 0 fully saturated rings. The number of ether oxygens (including phenoxy) is 1. The minimum absolute atomic E-state index is 0.252. The number of ketones is 1. The van der Waals surface area contributed by atoms with Crippen molar-refractivity contribution >= 4 is 5.78 Å². The van der Waals surface area contributed by atoms with Gasteiger partial charge in [0.2, 0.25) is 0 Å². The molecule has 20 heavy (non-hydrogen) atoms. The van der Waals surface area contributed by atoms with Crippen LogP contribution < -0.4 is 4.74 Å². The molecule has 0 aromatic heterocycles. The molecular weight excluding hydrogens is 262 g/mol. The molecule has 2 aromatic rings. The van der Waals surface area contributed by atoms with E-state index in [4.69, 9.17) is 4.74 Å². The van der Waals surface area contributed by atoms with Crippen LogP contribution in [0.1, 0.15) is 27.0 Å². The molecule has 0 heterocycles. The van der Waals surface area contributed by atoms with E-state index in [1.54, 1.807) is 19.1 Å². The van der Waals surface area contributed by atoms with E-state index in [-0.39, 0.29) is 11.1 Å². The summed E-state index contributed by atoms with van der Waals surface area (Å²) in [6.07, 6.45) is 0. The highest BCUT2D eigenvalue weighted by Crippen LogP contribution is 2.27. The lowest BCUT2D eigenvalue weighted by Gasteiger charge is -2.12. The van der Waals surface area contributed by atoms with Crippen LogP contribution in [0.15, 0.2) is 30.3 Å². The molecule has 0 amide bonds. The molecule has 0 bridgehead atoms. The van der Waals surface area contributed by atoms with Crippen LogP contribution >= 0.6 is 0 Å². The molecule has 0 aliphatic carbocycles. The minimum atomic E-state index is -0.751. The molecule has 0 saturated heterocycles. The maximum Gasteiger partial charge on any atom is 0.200 e. The summed E-state index contributed by atoms with van der Waals surface area (Å²) < 4.78 is 32.1. The maximum atomic E-state index is 13.7. The Balaban J connectivity index is 2.62. The summed E-state index contributed by atoms with van der Waals surface area (Å²) in [6, 6.07) is 6.31. The molecule has 104 valence electrons. The molecule has 0 radical (unpaired) electrons. The molecule has 0 aliphatic heterocycles. The van der Waals surface area contributed by atoms with Crippen molar-refractivity contribution in [2.45, 2.75) is 13.8 Å². The zero-order valence-corrected chi connectivity index (χ0v) is 11.5. The van der Waals surface area contributed by atoms with Crippen LogP contribution in [0, 0.1) is 25.5 Å². The van der Waals surface area contributed by atoms with Crippen molar-refractivity contribution in [3.63, 3.8) is 0 Å². The van der Waals surface area contributed by atoms with Gasteiger partial charge in [0.15, 0.2) is 5.78 Å². The van der Waals surface area contributed by atoms with Crippen LogP contribution in [0.2, 0.25) is 0 Å². The lowest BCUT2D eigenvalue weighted by molar-refractivity contribution is 0.103. The van der Waals surface area contributed by atoms with E-state index in [2.05, 4.69) is 0 Å². The first-order chi connectivity index (χ1) is 9.43. The number of halogens is 2. The van der Waals surface area contributed by atoms with Crippen LogP contribution in [0.5, 0.6) is 5.75 Å². The van der Waals surface area contributed by atoms with E-state index >= 15 is 0 Å². The summed E-state index contributed by atoms with van der Waals surface area (Å²) in [4.78, 5) is 12.4. The quantitative estimate of drug-likeness (QED) is 0.797. The minimum Gasteiger partial charge on any atom is -0.496 e. The fourth-order valence-electron chi connectivity index (χ4n) is 2.19. The molecule has 2 rings (SSSR count). The fraction of sp³-hybridized carbons (Fsp3) is 0.188. The number of hydrogen-bond donors (Lipinski definition) is 0. The van der Waals surface area contributed by atoms with Crippen molar-refractivity contribution in [2.75, 3.05) is 7.11 Å². The smallest absolute Gasteiger partial charge is 0.200 e. The van der Waals surface area contributed by atoms with E-state index in [9.17, 15) is 13.6 Å². The highest BCUT2D eigenvalue weighted by atomic mass is 19.1. The second-order valence-corrected chi connectivity index (χ2v) is 4.61. The number of aryl methyl sites for hydroxylation is 2. The monoisotopic (exact) mass is 276 g/mol. The second-order valence-electron chi connectivity index (χ2n) is 4.61. The Bertz CT molecular complexity index is 678. The summed E-state index contributed by atoms with van der Waals surface area (Å²) in [5.41, 5.74) is 1.55. The lowest BCUT2D eigenvalue weighted by atomic mass is 9.96. The largest absolute Gasteiger partial charge is 0.496 e. The third-order valence-electron chi connectivity index (χ3n) is 3.06. The van der Waals surface area contributed by atoms with Gasteiger partial charge in [-0.05, 0) is 49.2 Å². The summed E-state index contributed by atoms with van der Waals surface area (Å²) in [7, 11) is 1.44. The van der Waals surface area contributed by atoms with Crippen LogP contribution in [0.3, 0.4) is 0 Å². The molecule has 2 aromatic carbocycles. The Morgan fingerprint density at radius 2 is 1.80 bits per heavy atom. The highest BCUT2D eigenvalue weighted by molar-refractivity contribution is 6.11. The SMILES string of the molecule is COc1cc(C)cc(C)c1C(=O)c1cc(F)ccc1F. The predicted octanol–water partition coefficient (Wildman–Crippen LogP) is 3.82. The molecule has 0 atom stereocenters. The zero-order valence-electron chi connectivity index (χ0n) is 11.5. The van der Waals surface area contributed by atoms with Crippen molar-refractivity contribution < 1.29 is 18.3 Å². The first-order valence-corrected chi connectivity index (χ1v) is 6.09. The van der Waals surface area contributed by atoms with Crippen molar-refractivity contribution in [1.82, 2.24) is 0 Å². The van der Waals surface area contributed by atoms with Gasteiger partial charge in [-0.1, -0.05) is 6.07 Å². The Hall–Kier alpha value is -2.23. The van der Waals surface area contributed by atoms with Gasteiger partial charge in [-0.15, -0.1) is 0 Å². The Labute approximate surface area is 116 Å². The standard InChI is InChI=1S/C16H14F2O2/c1-9-6-10(2)15(14(7-9)20-3)16(19)12-8-11(17)4-5-13(12)18/h4-8H,1-3H3. The van der Waals surface area contributed by atoms with Gasteiger partial charge in [-0.2, -0.15) is 0 Å². The van der Waals surface area contributed by atoms with Gasteiger partial charge in [0, 0.05) is 0 Å². The number of rotatable bonds is 3.